The molecule has 1 aliphatic heterocycles. The standard InChI is InChI=1S/C12H14F2N2S/c1-7-3-2-4-16(7)11-9(13)5-8(12(15)17)6-10(11)14/h5-7H,2-4H2,1H3,(H2,15,17). The van der Waals surface area contributed by atoms with Gasteiger partial charge in [0.25, 0.3) is 0 Å². The first-order valence-electron chi connectivity index (χ1n) is 5.56. The van der Waals surface area contributed by atoms with Crippen LogP contribution in [0, 0.1) is 11.6 Å². The van der Waals surface area contributed by atoms with Gasteiger partial charge in [0.15, 0.2) is 0 Å². The first kappa shape index (κ1) is 12.2. The molecule has 1 heterocycles. The third-order valence-electron chi connectivity index (χ3n) is 3.14. The van der Waals surface area contributed by atoms with Gasteiger partial charge in [-0.25, -0.2) is 8.78 Å². The third kappa shape index (κ3) is 2.24. The van der Waals surface area contributed by atoms with E-state index in [1.807, 2.05) is 6.92 Å². The number of hydrogen-bond acceptors (Lipinski definition) is 2. The predicted molar refractivity (Wildman–Crippen MR) is 68.3 cm³/mol. The second kappa shape index (κ2) is 4.56. The number of rotatable bonds is 2. The summed E-state index contributed by atoms with van der Waals surface area (Å²) in [6.07, 6.45) is 1.91. The summed E-state index contributed by atoms with van der Waals surface area (Å²) in [7, 11) is 0. The van der Waals surface area contributed by atoms with Gasteiger partial charge in [-0.3, -0.25) is 0 Å². The van der Waals surface area contributed by atoms with Crippen LogP contribution in [0.4, 0.5) is 14.5 Å². The summed E-state index contributed by atoms with van der Waals surface area (Å²) < 4.78 is 27.8. The van der Waals surface area contributed by atoms with Crippen molar-refractivity contribution in [3.05, 3.63) is 29.3 Å². The van der Waals surface area contributed by atoms with Crippen molar-refractivity contribution in [2.75, 3.05) is 11.4 Å². The molecule has 1 aromatic carbocycles. The topological polar surface area (TPSA) is 29.3 Å². The van der Waals surface area contributed by atoms with E-state index in [2.05, 4.69) is 0 Å². The van der Waals surface area contributed by atoms with E-state index in [0.29, 0.717) is 6.54 Å². The van der Waals surface area contributed by atoms with Gasteiger partial charge in [-0.05, 0) is 31.9 Å². The zero-order valence-electron chi connectivity index (χ0n) is 9.54. The van der Waals surface area contributed by atoms with Crippen molar-refractivity contribution in [2.24, 2.45) is 5.73 Å². The quantitative estimate of drug-likeness (QED) is 0.825. The zero-order chi connectivity index (χ0) is 12.6. The SMILES string of the molecule is CC1CCCN1c1c(F)cc(C(N)=S)cc1F. The van der Waals surface area contributed by atoms with Crippen molar-refractivity contribution >= 4 is 22.9 Å². The Morgan fingerprint density at radius 1 is 1.41 bits per heavy atom. The van der Waals surface area contributed by atoms with Crippen LogP contribution >= 0.6 is 12.2 Å². The molecule has 5 heteroatoms. The van der Waals surface area contributed by atoms with Crippen molar-refractivity contribution < 1.29 is 8.78 Å². The lowest BCUT2D eigenvalue weighted by atomic mass is 10.1. The van der Waals surface area contributed by atoms with Gasteiger partial charge in [-0.15, -0.1) is 0 Å². The molecule has 0 saturated carbocycles. The van der Waals surface area contributed by atoms with Gasteiger partial charge in [-0.2, -0.15) is 0 Å². The molecule has 1 aromatic rings. The van der Waals surface area contributed by atoms with Crippen LogP contribution in [0.1, 0.15) is 25.3 Å². The highest BCUT2D eigenvalue weighted by Crippen LogP contribution is 2.31. The Kier molecular flexibility index (Phi) is 3.28. The van der Waals surface area contributed by atoms with Crippen LogP contribution in [0.5, 0.6) is 0 Å². The number of benzene rings is 1. The minimum absolute atomic E-state index is 0.00354. The Morgan fingerprint density at radius 3 is 2.41 bits per heavy atom. The van der Waals surface area contributed by atoms with Crippen molar-refractivity contribution in [1.29, 1.82) is 0 Å². The highest BCUT2D eigenvalue weighted by Gasteiger charge is 2.26. The summed E-state index contributed by atoms with van der Waals surface area (Å²) in [5.41, 5.74) is 5.63. The summed E-state index contributed by atoms with van der Waals surface area (Å²) in [5, 5.41) is 0. The molecule has 2 nitrogen and oxygen atoms in total. The van der Waals surface area contributed by atoms with Crippen molar-refractivity contribution in [1.82, 2.24) is 0 Å². The van der Waals surface area contributed by atoms with Crippen LogP contribution in [0.3, 0.4) is 0 Å². The van der Waals surface area contributed by atoms with Gasteiger partial charge in [0, 0.05) is 18.2 Å². The van der Waals surface area contributed by atoms with Gasteiger partial charge in [0.1, 0.15) is 22.3 Å². The van der Waals surface area contributed by atoms with Crippen molar-refractivity contribution in [3.63, 3.8) is 0 Å². The molecule has 0 spiro atoms. The Bertz CT molecular complexity index is 439. The molecule has 2 N–H and O–H groups in total. The van der Waals surface area contributed by atoms with Crippen LogP contribution in [0.15, 0.2) is 12.1 Å². The van der Waals surface area contributed by atoms with Gasteiger partial charge in [0.2, 0.25) is 0 Å². The number of nitrogens with zero attached hydrogens (tertiary/aromatic N) is 1. The summed E-state index contributed by atoms with van der Waals surface area (Å²) in [6.45, 7) is 2.65. The lowest BCUT2D eigenvalue weighted by Gasteiger charge is -2.25. The summed E-state index contributed by atoms with van der Waals surface area (Å²) in [5.74, 6) is -1.19. The minimum Gasteiger partial charge on any atom is -0.389 e. The van der Waals surface area contributed by atoms with Gasteiger partial charge >= 0.3 is 0 Å². The third-order valence-corrected chi connectivity index (χ3v) is 3.38. The Hall–Kier alpha value is -1.23. The van der Waals surface area contributed by atoms with Crippen LogP contribution in [-0.2, 0) is 0 Å². The summed E-state index contributed by atoms with van der Waals surface area (Å²) in [4.78, 5) is 1.76. The fourth-order valence-electron chi connectivity index (χ4n) is 2.25. The Balaban J connectivity index is 2.44. The number of thiocarbonyl (C=S) groups is 1. The molecule has 1 atom stereocenters. The maximum absolute atomic E-state index is 13.9. The molecular weight excluding hydrogens is 242 g/mol. The van der Waals surface area contributed by atoms with E-state index < -0.39 is 11.6 Å². The van der Waals surface area contributed by atoms with E-state index in [1.54, 1.807) is 4.90 Å². The molecule has 0 aromatic heterocycles. The number of halogens is 2. The summed E-state index contributed by atoms with van der Waals surface area (Å²) >= 11 is 4.71. The molecule has 1 fully saturated rings. The molecule has 1 saturated heterocycles. The van der Waals surface area contributed by atoms with E-state index in [4.69, 9.17) is 18.0 Å². The monoisotopic (exact) mass is 256 g/mol. The fourth-order valence-corrected chi connectivity index (χ4v) is 2.37. The van der Waals surface area contributed by atoms with Crippen molar-refractivity contribution in [2.45, 2.75) is 25.8 Å². The number of nitrogens with two attached hydrogens (primary N) is 1. The molecule has 0 amide bonds. The summed E-state index contributed by atoms with van der Waals surface area (Å²) in [6, 6.07) is 2.56. The highest BCUT2D eigenvalue weighted by atomic mass is 32.1. The smallest absolute Gasteiger partial charge is 0.150 e. The molecule has 1 aliphatic rings. The predicted octanol–water partition coefficient (Wildman–Crippen LogP) is 2.59. The first-order valence-corrected chi connectivity index (χ1v) is 5.97. The van der Waals surface area contributed by atoms with Crippen LogP contribution in [0.2, 0.25) is 0 Å². The molecular formula is C12H14F2N2S. The number of hydrogen-bond donors (Lipinski definition) is 1. The van der Waals surface area contributed by atoms with Crippen LogP contribution < -0.4 is 10.6 Å². The van der Waals surface area contributed by atoms with Gasteiger partial charge in [-0.1, -0.05) is 12.2 Å². The Morgan fingerprint density at radius 2 is 2.00 bits per heavy atom. The lowest BCUT2D eigenvalue weighted by molar-refractivity contribution is 0.567. The minimum atomic E-state index is -0.596. The highest BCUT2D eigenvalue weighted by molar-refractivity contribution is 7.80. The maximum Gasteiger partial charge on any atom is 0.150 e. The van der Waals surface area contributed by atoms with E-state index >= 15 is 0 Å². The average Bonchev–Trinajstić information content (AvgIpc) is 2.64. The maximum atomic E-state index is 13.9. The largest absolute Gasteiger partial charge is 0.389 e. The molecule has 17 heavy (non-hydrogen) atoms. The molecule has 0 aliphatic carbocycles. The molecule has 0 radical (unpaired) electrons. The van der Waals surface area contributed by atoms with Gasteiger partial charge in [0.05, 0.1) is 0 Å². The Labute approximate surface area is 104 Å². The molecule has 92 valence electrons. The van der Waals surface area contributed by atoms with E-state index in [9.17, 15) is 8.78 Å². The molecule has 1 unspecified atom stereocenters. The second-order valence-corrected chi connectivity index (χ2v) is 4.78. The second-order valence-electron chi connectivity index (χ2n) is 4.34. The zero-order valence-corrected chi connectivity index (χ0v) is 10.4. The number of anilines is 1. The van der Waals surface area contributed by atoms with Gasteiger partial charge < -0.3 is 10.6 Å². The van der Waals surface area contributed by atoms with Crippen LogP contribution in [-0.4, -0.2) is 17.6 Å². The lowest BCUT2D eigenvalue weighted by Crippen LogP contribution is -2.28. The molecule has 2 rings (SSSR count). The van der Waals surface area contributed by atoms with Crippen LogP contribution in [0.25, 0.3) is 0 Å². The first-order chi connectivity index (χ1) is 8.00. The van der Waals surface area contributed by atoms with Crippen molar-refractivity contribution in [3.8, 4) is 0 Å². The fraction of sp³-hybridized carbons (Fsp3) is 0.417. The normalized spacial score (nSPS) is 19.7. The molecule has 0 bridgehead atoms. The van der Waals surface area contributed by atoms with E-state index in [0.717, 1.165) is 12.8 Å². The van der Waals surface area contributed by atoms with E-state index in [-0.39, 0.29) is 22.3 Å². The van der Waals surface area contributed by atoms with E-state index in [1.165, 1.54) is 12.1 Å². The average molecular weight is 256 g/mol.